The molecule has 3 atom stereocenters. The van der Waals surface area contributed by atoms with Crippen LogP contribution in [-0.4, -0.2) is 41.9 Å². The fraction of sp³-hybridized carbons (Fsp3) is 0.667. The Balaban J connectivity index is 1.62. The first-order valence-electron chi connectivity index (χ1n) is 8.15. The number of rotatable bonds is 2. The number of thioether (sulfide) groups is 1. The third-order valence-electron chi connectivity index (χ3n) is 4.90. The first kappa shape index (κ1) is 15.4. The van der Waals surface area contributed by atoms with Gasteiger partial charge in [-0.25, -0.2) is 0 Å². The van der Waals surface area contributed by atoms with Crippen molar-refractivity contribution in [3.8, 4) is 0 Å². The molecule has 0 amide bonds. The Labute approximate surface area is 133 Å². The molecule has 0 spiro atoms. The quantitative estimate of drug-likeness (QED) is 0.901. The van der Waals surface area contributed by atoms with E-state index < -0.39 is 0 Å². The third kappa shape index (κ3) is 3.46. The van der Waals surface area contributed by atoms with E-state index in [1.54, 1.807) is 5.56 Å². The number of nitrogens with zero attached hydrogens (tertiary/aromatic N) is 1. The highest BCUT2D eigenvalue weighted by molar-refractivity contribution is 8.00. The van der Waals surface area contributed by atoms with Crippen molar-refractivity contribution < 1.29 is 0 Å². The van der Waals surface area contributed by atoms with Gasteiger partial charge < -0.3 is 5.32 Å². The molecule has 1 fully saturated rings. The van der Waals surface area contributed by atoms with Gasteiger partial charge >= 0.3 is 0 Å². The minimum atomic E-state index is 0.337. The smallest absolute Gasteiger partial charge is 0.0263 e. The Morgan fingerprint density at radius 3 is 2.76 bits per heavy atom. The van der Waals surface area contributed by atoms with Gasteiger partial charge in [-0.2, -0.15) is 0 Å². The van der Waals surface area contributed by atoms with Gasteiger partial charge in [0, 0.05) is 41.9 Å². The maximum atomic E-state index is 3.73. The fourth-order valence-corrected chi connectivity index (χ4v) is 4.72. The van der Waals surface area contributed by atoms with Crippen LogP contribution in [-0.2, 0) is 6.42 Å². The number of benzene rings is 1. The number of fused-ring (bicyclic) bond motifs is 1. The largest absolute Gasteiger partial charge is 0.311 e. The predicted octanol–water partition coefficient (Wildman–Crippen LogP) is 3.41. The minimum absolute atomic E-state index is 0.337. The zero-order valence-electron chi connectivity index (χ0n) is 13.7. The van der Waals surface area contributed by atoms with Crippen LogP contribution in [0.15, 0.2) is 29.2 Å². The lowest BCUT2D eigenvalue weighted by molar-refractivity contribution is 0.0943. The summed E-state index contributed by atoms with van der Waals surface area (Å²) in [6.45, 7) is 12.9. The van der Waals surface area contributed by atoms with Crippen LogP contribution in [0.25, 0.3) is 0 Å². The second-order valence-corrected chi connectivity index (χ2v) is 9.02. The number of hydrogen-bond donors (Lipinski definition) is 1. The maximum Gasteiger partial charge on any atom is 0.0263 e. The highest BCUT2D eigenvalue weighted by Gasteiger charge is 2.34. The lowest BCUT2D eigenvalue weighted by atomic mass is 9.84. The average Bonchev–Trinajstić information content (AvgIpc) is 2.82. The number of nitrogens with one attached hydrogen (secondary N) is 1. The Hall–Kier alpha value is -0.510. The third-order valence-corrected chi connectivity index (χ3v) is 6.20. The monoisotopic (exact) mass is 304 g/mol. The van der Waals surface area contributed by atoms with Gasteiger partial charge in [0.05, 0.1) is 0 Å². The van der Waals surface area contributed by atoms with Crippen LogP contribution in [0.4, 0.5) is 0 Å². The van der Waals surface area contributed by atoms with E-state index in [1.165, 1.54) is 24.4 Å². The highest BCUT2D eigenvalue weighted by atomic mass is 32.2. The molecule has 116 valence electrons. The fourth-order valence-electron chi connectivity index (χ4n) is 3.37. The molecule has 0 saturated carbocycles. The Morgan fingerprint density at radius 1 is 1.29 bits per heavy atom. The van der Waals surface area contributed by atoms with E-state index in [9.17, 15) is 0 Å². The van der Waals surface area contributed by atoms with Gasteiger partial charge in [0.1, 0.15) is 0 Å². The molecular weight excluding hydrogens is 276 g/mol. The summed E-state index contributed by atoms with van der Waals surface area (Å²) in [6.07, 6.45) is 1.23. The lowest BCUT2D eigenvalue weighted by Gasteiger charge is -2.44. The van der Waals surface area contributed by atoms with E-state index in [0.29, 0.717) is 17.5 Å². The highest BCUT2D eigenvalue weighted by Crippen LogP contribution is 2.37. The molecule has 1 aromatic carbocycles. The van der Waals surface area contributed by atoms with Crippen molar-refractivity contribution >= 4 is 11.8 Å². The zero-order chi connectivity index (χ0) is 15.0. The summed E-state index contributed by atoms with van der Waals surface area (Å²) in [5.41, 5.74) is 1.88. The molecule has 1 aromatic rings. The summed E-state index contributed by atoms with van der Waals surface area (Å²) < 4.78 is 0. The topological polar surface area (TPSA) is 15.3 Å². The summed E-state index contributed by atoms with van der Waals surface area (Å²) in [7, 11) is 0. The number of piperazine rings is 1. The molecule has 2 heterocycles. The van der Waals surface area contributed by atoms with Gasteiger partial charge in [-0.3, -0.25) is 4.90 Å². The molecule has 2 nitrogen and oxygen atoms in total. The van der Waals surface area contributed by atoms with E-state index in [-0.39, 0.29) is 0 Å². The van der Waals surface area contributed by atoms with E-state index in [2.05, 4.69) is 73.9 Å². The van der Waals surface area contributed by atoms with E-state index in [1.807, 2.05) is 0 Å². The van der Waals surface area contributed by atoms with Crippen molar-refractivity contribution in [3.05, 3.63) is 29.8 Å². The molecule has 1 saturated heterocycles. The molecule has 0 aromatic heterocycles. The summed E-state index contributed by atoms with van der Waals surface area (Å²) >= 11 is 2.08. The van der Waals surface area contributed by atoms with Crippen LogP contribution >= 0.6 is 11.8 Å². The van der Waals surface area contributed by atoms with Gasteiger partial charge in [-0.05, 0) is 30.4 Å². The van der Waals surface area contributed by atoms with E-state index in [4.69, 9.17) is 0 Å². The van der Waals surface area contributed by atoms with Gasteiger partial charge in [0.2, 0.25) is 0 Å². The van der Waals surface area contributed by atoms with Gasteiger partial charge in [-0.15, -0.1) is 11.8 Å². The van der Waals surface area contributed by atoms with Crippen molar-refractivity contribution in [2.24, 2.45) is 5.41 Å². The van der Waals surface area contributed by atoms with Crippen LogP contribution in [0.1, 0.15) is 33.3 Å². The van der Waals surface area contributed by atoms with Crippen molar-refractivity contribution in [2.45, 2.75) is 56.3 Å². The Bertz CT molecular complexity index is 469. The summed E-state index contributed by atoms with van der Waals surface area (Å²) in [5, 5.41) is 4.46. The maximum absolute atomic E-state index is 3.73. The Morgan fingerprint density at radius 2 is 2.05 bits per heavy atom. The standard InChI is InChI=1S/C18H28N2S/c1-13-10-19-17(18(2,3)4)12-20(13)11-15-9-14-7-5-6-8-16(14)21-15/h5-8,13,15,17,19H,9-12H2,1-4H3. The van der Waals surface area contributed by atoms with Crippen molar-refractivity contribution in [3.63, 3.8) is 0 Å². The van der Waals surface area contributed by atoms with E-state index >= 15 is 0 Å². The molecule has 0 radical (unpaired) electrons. The van der Waals surface area contributed by atoms with Crippen LogP contribution in [0.3, 0.4) is 0 Å². The molecule has 3 rings (SSSR count). The van der Waals surface area contributed by atoms with Gasteiger partial charge in [-0.1, -0.05) is 39.0 Å². The predicted molar refractivity (Wildman–Crippen MR) is 92.1 cm³/mol. The molecule has 21 heavy (non-hydrogen) atoms. The van der Waals surface area contributed by atoms with Gasteiger partial charge in [0.15, 0.2) is 0 Å². The summed E-state index contributed by atoms with van der Waals surface area (Å²) in [5.74, 6) is 0. The summed E-state index contributed by atoms with van der Waals surface area (Å²) in [4.78, 5) is 4.20. The van der Waals surface area contributed by atoms with Crippen molar-refractivity contribution in [1.82, 2.24) is 10.2 Å². The molecular formula is C18H28N2S. The van der Waals surface area contributed by atoms with Crippen molar-refractivity contribution in [2.75, 3.05) is 19.6 Å². The first-order chi connectivity index (χ1) is 9.93. The molecule has 3 unspecified atom stereocenters. The van der Waals surface area contributed by atoms with Gasteiger partial charge in [0.25, 0.3) is 0 Å². The first-order valence-corrected chi connectivity index (χ1v) is 9.03. The molecule has 3 heteroatoms. The molecule has 0 bridgehead atoms. The SMILES string of the molecule is CC1CNC(C(C)(C)C)CN1CC1Cc2ccccc2S1. The van der Waals surface area contributed by atoms with Crippen LogP contribution in [0.5, 0.6) is 0 Å². The zero-order valence-corrected chi connectivity index (χ0v) is 14.5. The minimum Gasteiger partial charge on any atom is -0.311 e. The molecule has 2 aliphatic rings. The Kier molecular flexibility index (Phi) is 4.35. The van der Waals surface area contributed by atoms with Crippen LogP contribution in [0, 0.1) is 5.41 Å². The van der Waals surface area contributed by atoms with E-state index in [0.717, 1.165) is 11.8 Å². The van der Waals surface area contributed by atoms with Crippen LogP contribution in [0.2, 0.25) is 0 Å². The summed E-state index contributed by atoms with van der Waals surface area (Å²) in [6, 6.07) is 10.2. The average molecular weight is 305 g/mol. The van der Waals surface area contributed by atoms with Crippen LogP contribution < -0.4 is 5.32 Å². The second-order valence-electron chi connectivity index (χ2n) is 7.68. The molecule has 0 aliphatic carbocycles. The lowest BCUT2D eigenvalue weighted by Crippen LogP contribution is -2.60. The molecule has 2 aliphatic heterocycles. The number of hydrogen-bond acceptors (Lipinski definition) is 3. The normalized spacial score (nSPS) is 30.4. The molecule has 1 N–H and O–H groups in total. The second kappa shape index (κ2) is 5.94. The van der Waals surface area contributed by atoms with Crippen molar-refractivity contribution in [1.29, 1.82) is 0 Å².